The third-order valence-electron chi connectivity index (χ3n) is 7.69. The second-order valence-electron chi connectivity index (χ2n) is 10.3. The van der Waals surface area contributed by atoms with Gasteiger partial charge >= 0.3 is 0 Å². The topological polar surface area (TPSA) is 106 Å². The zero-order valence-electron chi connectivity index (χ0n) is 23.3. The average molecular weight is 658 g/mol. The number of nitrogens with zero attached hydrogens (tertiary/aromatic N) is 5. The molecule has 2 fully saturated rings. The van der Waals surface area contributed by atoms with E-state index in [9.17, 15) is 18.0 Å². The van der Waals surface area contributed by atoms with Crippen LogP contribution in [0.5, 0.6) is 0 Å². The standard InChI is InChI=1S/C28H33ClN6O4S.2ClH/c1-20(36)31-17-26-18-34(40(38,39)27-6-4-21-15-23(29)5-3-22(21)16-27)19-28(37)35(26)32(2)24-9-13-33(14-10-24)25-7-11-30-12-8-25;;/h3-8,11-12,15-16,24,26H,9-10,13-14,17-19H2,1-2H3,(H,31,36);2*1H. The van der Waals surface area contributed by atoms with Crippen molar-refractivity contribution in [2.45, 2.75) is 36.7 Å². The van der Waals surface area contributed by atoms with Gasteiger partial charge in [-0.15, -0.1) is 24.8 Å². The predicted octanol–water partition coefficient (Wildman–Crippen LogP) is 3.59. The predicted molar refractivity (Wildman–Crippen MR) is 169 cm³/mol. The van der Waals surface area contributed by atoms with E-state index in [0.717, 1.165) is 42.4 Å². The second kappa shape index (κ2) is 14.2. The molecule has 2 aliphatic rings. The SMILES string of the molecule is CC(=O)NCC1CN(S(=O)(=O)c2ccc3cc(Cl)ccc3c2)CC(=O)N1N(C)C1CCN(c2ccncc2)CC1.Cl.Cl. The summed E-state index contributed by atoms with van der Waals surface area (Å²) in [5.41, 5.74) is 1.12. The number of piperidine rings is 1. The minimum absolute atomic E-state index is 0. The molecule has 1 aromatic heterocycles. The van der Waals surface area contributed by atoms with E-state index in [1.807, 2.05) is 24.2 Å². The molecule has 228 valence electrons. The number of rotatable bonds is 7. The zero-order valence-corrected chi connectivity index (χ0v) is 26.6. The molecular weight excluding hydrogens is 623 g/mol. The number of benzene rings is 2. The van der Waals surface area contributed by atoms with E-state index in [1.54, 1.807) is 47.7 Å². The van der Waals surface area contributed by atoms with Crippen molar-refractivity contribution in [1.82, 2.24) is 24.6 Å². The van der Waals surface area contributed by atoms with Gasteiger partial charge in [-0.2, -0.15) is 4.31 Å². The highest BCUT2D eigenvalue weighted by atomic mass is 35.5. The van der Waals surface area contributed by atoms with E-state index in [0.29, 0.717) is 5.02 Å². The minimum atomic E-state index is -3.97. The summed E-state index contributed by atoms with van der Waals surface area (Å²) < 4.78 is 28.6. The first-order valence-corrected chi connectivity index (χ1v) is 15.1. The van der Waals surface area contributed by atoms with E-state index >= 15 is 0 Å². The van der Waals surface area contributed by atoms with Crippen molar-refractivity contribution in [3.63, 3.8) is 0 Å². The Labute approximate surface area is 263 Å². The Hall–Kier alpha value is -2.67. The molecule has 3 heterocycles. The molecule has 2 aromatic carbocycles. The lowest BCUT2D eigenvalue weighted by Gasteiger charge is -2.48. The van der Waals surface area contributed by atoms with Crippen LogP contribution in [0.15, 0.2) is 65.8 Å². The molecule has 2 saturated heterocycles. The second-order valence-corrected chi connectivity index (χ2v) is 12.7. The monoisotopic (exact) mass is 656 g/mol. The number of aromatic nitrogens is 1. The lowest BCUT2D eigenvalue weighted by atomic mass is 10.0. The lowest BCUT2D eigenvalue weighted by molar-refractivity contribution is -0.165. The Balaban J connectivity index is 0.00000242. The molecule has 3 aromatic rings. The number of piperazine rings is 1. The number of pyridine rings is 1. The van der Waals surface area contributed by atoms with Crippen LogP contribution in [-0.4, -0.2) is 91.4 Å². The number of fused-ring (bicyclic) bond motifs is 1. The number of halogens is 3. The number of sulfonamides is 1. The fraction of sp³-hybridized carbons (Fsp3) is 0.393. The molecule has 0 radical (unpaired) electrons. The van der Waals surface area contributed by atoms with Gasteiger partial charge in [0.05, 0.1) is 17.5 Å². The summed E-state index contributed by atoms with van der Waals surface area (Å²) in [6, 6.07) is 13.6. The number of anilines is 1. The summed E-state index contributed by atoms with van der Waals surface area (Å²) in [4.78, 5) is 31.9. The van der Waals surface area contributed by atoms with Crippen LogP contribution in [0.1, 0.15) is 19.8 Å². The molecule has 2 amide bonds. The molecule has 0 aliphatic carbocycles. The summed E-state index contributed by atoms with van der Waals surface area (Å²) in [5, 5.41) is 8.52. The molecule has 0 bridgehead atoms. The van der Waals surface area contributed by atoms with Crippen molar-refractivity contribution in [3.8, 4) is 0 Å². The molecule has 5 rings (SSSR count). The van der Waals surface area contributed by atoms with Crippen LogP contribution in [-0.2, 0) is 19.6 Å². The van der Waals surface area contributed by atoms with Crippen LogP contribution >= 0.6 is 36.4 Å². The fourth-order valence-corrected chi connectivity index (χ4v) is 7.21. The highest BCUT2D eigenvalue weighted by Crippen LogP contribution is 2.28. The van der Waals surface area contributed by atoms with Crippen LogP contribution < -0.4 is 10.2 Å². The van der Waals surface area contributed by atoms with Crippen LogP contribution in [0.3, 0.4) is 0 Å². The molecule has 14 heteroatoms. The van der Waals surface area contributed by atoms with Gasteiger partial charge in [-0.05, 0) is 60.0 Å². The van der Waals surface area contributed by atoms with Crippen LogP contribution in [0.25, 0.3) is 10.8 Å². The minimum Gasteiger partial charge on any atom is -0.371 e. The van der Waals surface area contributed by atoms with Gasteiger partial charge in [0.1, 0.15) is 0 Å². The fourth-order valence-electron chi connectivity index (χ4n) is 5.57. The third-order valence-corrected chi connectivity index (χ3v) is 9.73. The van der Waals surface area contributed by atoms with E-state index < -0.39 is 16.1 Å². The van der Waals surface area contributed by atoms with Crippen molar-refractivity contribution in [1.29, 1.82) is 0 Å². The van der Waals surface area contributed by atoms with E-state index in [1.165, 1.54) is 17.3 Å². The third kappa shape index (κ3) is 7.27. The maximum Gasteiger partial charge on any atom is 0.252 e. The van der Waals surface area contributed by atoms with Crippen molar-refractivity contribution in [2.75, 3.05) is 44.7 Å². The maximum atomic E-state index is 13.7. The van der Waals surface area contributed by atoms with E-state index in [-0.39, 0.29) is 67.2 Å². The molecule has 1 unspecified atom stereocenters. The Bertz CT molecular complexity index is 1510. The highest BCUT2D eigenvalue weighted by Gasteiger charge is 2.42. The van der Waals surface area contributed by atoms with Crippen LogP contribution in [0, 0.1) is 0 Å². The summed E-state index contributed by atoms with van der Waals surface area (Å²) in [7, 11) is -2.09. The largest absolute Gasteiger partial charge is 0.371 e. The number of amides is 2. The zero-order chi connectivity index (χ0) is 28.4. The van der Waals surface area contributed by atoms with Gasteiger partial charge in [0, 0.05) is 69.3 Å². The Morgan fingerprint density at radius 2 is 1.69 bits per heavy atom. The number of carbonyl (C=O) groups excluding carboxylic acids is 2. The van der Waals surface area contributed by atoms with Gasteiger partial charge in [-0.3, -0.25) is 19.6 Å². The van der Waals surface area contributed by atoms with Crippen LogP contribution in [0.4, 0.5) is 5.69 Å². The Morgan fingerprint density at radius 3 is 2.36 bits per heavy atom. The Morgan fingerprint density at radius 1 is 1.05 bits per heavy atom. The summed E-state index contributed by atoms with van der Waals surface area (Å²) in [6.07, 6.45) is 5.22. The summed E-state index contributed by atoms with van der Waals surface area (Å²) >= 11 is 6.08. The van der Waals surface area contributed by atoms with Gasteiger partial charge in [0.2, 0.25) is 15.9 Å². The summed E-state index contributed by atoms with van der Waals surface area (Å²) in [5.74, 6) is -0.564. The molecule has 42 heavy (non-hydrogen) atoms. The highest BCUT2D eigenvalue weighted by molar-refractivity contribution is 7.89. The van der Waals surface area contributed by atoms with Gasteiger partial charge < -0.3 is 10.2 Å². The van der Waals surface area contributed by atoms with Crippen molar-refractivity contribution < 1.29 is 18.0 Å². The molecule has 1 N–H and O–H groups in total. The van der Waals surface area contributed by atoms with Gasteiger partial charge in [0.25, 0.3) is 5.91 Å². The number of carbonyl (C=O) groups is 2. The van der Waals surface area contributed by atoms with Crippen molar-refractivity contribution >= 4 is 74.7 Å². The smallest absolute Gasteiger partial charge is 0.252 e. The quantitative estimate of drug-likeness (QED) is 0.414. The van der Waals surface area contributed by atoms with Gasteiger partial charge in [0.15, 0.2) is 0 Å². The summed E-state index contributed by atoms with van der Waals surface area (Å²) in [6.45, 7) is 2.98. The molecule has 10 nitrogen and oxygen atoms in total. The number of nitrogens with one attached hydrogen (secondary N) is 1. The van der Waals surface area contributed by atoms with Crippen LogP contribution in [0.2, 0.25) is 5.02 Å². The molecule has 2 aliphatic heterocycles. The van der Waals surface area contributed by atoms with E-state index in [4.69, 9.17) is 11.6 Å². The first-order chi connectivity index (χ1) is 19.1. The Kier molecular flexibility index (Phi) is 11.4. The number of hydrazine groups is 1. The molecule has 0 saturated carbocycles. The number of hydrogen-bond acceptors (Lipinski definition) is 7. The van der Waals surface area contributed by atoms with E-state index in [2.05, 4.69) is 15.2 Å². The van der Waals surface area contributed by atoms with Gasteiger partial charge in [-0.25, -0.2) is 13.4 Å². The molecular formula is C28H35Cl3N6O4S. The molecule has 0 spiro atoms. The number of hydrogen-bond donors (Lipinski definition) is 1. The van der Waals surface area contributed by atoms with Gasteiger partial charge in [-0.1, -0.05) is 23.7 Å². The first-order valence-electron chi connectivity index (χ1n) is 13.3. The van der Waals surface area contributed by atoms with Crippen molar-refractivity contribution in [2.24, 2.45) is 0 Å². The lowest BCUT2D eigenvalue weighted by Crippen LogP contribution is -2.66. The maximum absolute atomic E-state index is 13.7. The first kappa shape index (κ1) is 33.8. The molecule has 1 atom stereocenters. The average Bonchev–Trinajstić information content (AvgIpc) is 2.95. The van der Waals surface area contributed by atoms with Crippen molar-refractivity contribution in [3.05, 3.63) is 65.9 Å². The normalized spacial score (nSPS) is 18.5.